The van der Waals surface area contributed by atoms with Crippen molar-refractivity contribution in [1.82, 2.24) is 10.3 Å². The lowest BCUT2D eigenvalue weighted by atomic mass is 10.1. The molecule has 0 saturated heterocycles. The molecule has 0 aliphatic heterocycles. The van der Waals surface area contributed by atoms with E-state index in [1.165, 1.54) is 5.56 Å². The molecule has 0 unspecified atom stereocenters. The third kappa shape index (κ3) is 5.65. The topological polar surface area (TPSA) is 51.2 Å². The lowest BCUT2D eigenvalue weighted by Crippen LogP contribution is -2.25. The molecular weight excluding hydrogens is 284 g/mol. The first kappa shape index (κ1) is 15.7. The largest absolute Gasteiger partial charge is 0.378 e. The highest BCUT2D eigenvalue weighted by Gasteiger charge is 2.04. The molecule has 1 heterocycles. The van der Waals surface area contributed by atoms with Gasteiger partial charge in [0.05, 0.1) is 12.3 Å². The average molecular weight is 304 g/mol. The van der Waals surface area contributed by atoms with Crippen LogP contribution in [0.25, 0.3) is 0 Å². The summed E-state index contributed by atoms with van der Waals surface area (Å²) >= 11 is 1.59. The Morgan fingerprint density at radius 2 is 2.10 bits per heavy atom. The number of hydrogen-bond donors (Lipinski definition) is 1. The van der Waals surface area contributed by atoms with Gasteiger partial charge in [-0.3, -0.25) is 4.79 Å². The summed E-state index contributed by atoms with van der Waals surface area (Å²) in [6, 6.07) is 10.1. The number of amides is 1. The first-order chi connectivity index (χ1) is 10.3. The first-order valence-electron chi connectivity index (χ1n) is 7.01. The predicted molar refractivity (Wildman–Crippen MR) is 84.3 cm³/mol. The highest BCUT2D eigenvalue weighted by molar-refractivity contribution is 7.09. The molecule has 1 N–H and O–H groups in total. The van der Waals surface area contributed by atoms with Crippen molar-refractivity contribution in [3.63, 3.8) is 0 Å². The van der Waals surface area contributed by atoms with Crippen LogP contribution < -0.4 is 5.32 Å². The fourth-order valence-corrected chi connectivity index (χ4v) is 2.77. The monoisotopic (exact) mass is 304 g/mol. The normalized spacial score (nSPS) is 10.5. The fraction of sp³-hybridized carbons (Fsp3) is 0.375. The number of carbonyl (C=O) groups is 1. The number of thiazole rings is 1. The van der Waals surface area contributed by atoms with Crippen molar-refractivity contribution in [2.45, 2.75) is 25.9 Å². The highest BCUT2D eigenvalue weighted by Crippen LogP contribution is 2.10. The molecule has 1 amide bonds. The second kappa shape index (κ2) is 8.54. The van der Waals surface area contributed by atoms with E-state index in [-0.39, 0.29) is 5.91 Å². The fourth-order valence-electron chi connectivity index (χ4n) is 1.97. The van der Waals surface area contributed by atoms with Gasteiger partial charge in [-0.25, -0.2) is 4.98 Å². The molecule has 0 atom stereocenters. The zero-order chi connectivity index (χ0) is 14.9. The third-order valence-electron chi connectivity index (χ3n) is 3.05. The molecule has 1 aromatic heterocycles. The number of aryl methyl sites for hydroxylation is 1. The third-order valence-corrected chi connectivity index (χ3v) is 3.93. The van der Waals surface area contributed by atoms with Crippen molar-refractivity contribution in [2.75, 3.05) is 13.7 Å². The number of rotatable bonds is 8. The van der Waals surface area contributed by atoms with Gasteiger partial charge in [-0.2, -0.15) is 0 Å². The van der Waals surface area contributed by atoms with Gasteiger partial charge in [0.25, 0.3) is 0 Å². The van der Waals surface area contributed by atoms with Crippen LogP contribution >= 0.6 is 11.3 Å². The van der Waals surface area contributed by atoms with Crippen LogP contribution in [0.4, 0.5) is 0 Å². The number of ether oxygens (including phenoxy) is 1. The number of benzene rings is 1. The van der Waals surface area contributed by atoms with E-state index in [1.807, 2.05) is 35.7 Å². The molecule has 0 aliphatic rings. The number of aromatic nitrogens is 1. The van der Waals surface area contributed by atoms with Gasteiger partial charge in [0.1, 0.15) is 5.01 Å². The van der Waals surface area contributed by atoms with Crippen molar-refractivity contribution >= 4 is 17.2 Å². The molecule has 0 aliphatic carbocycles. The van der Waals surface area contributed by atoms with Gasteiger partial charge in [0, 0.05) is 31.9 Å². The Morgan fingerprint density at radius 1 is 1.29 bits per heavy atom. The molecule has 1 aromatic carbocycles. The van der Waals surface area contributed by atoms with Crippen molar-refractivity contribution in [1.29, 1.82) is 0 Å². The van der Waals surface area contributed by atoms with Gasteiger partial charge in [0.2, 0.25) is 5.91 Å². The Labute approximate surface area is 129 Å². The molecule has 4 nitrogen and oxygen atoms in total. The summed E-state index contributed by atoms with van der Waals surface area (Å²) in [4.78, 5) is 16.2. The van der Waals surface area contributed by atoms with E-state index in [9.17, 15) is 4.79 Å². The van der Waals surface area contributed by atoms with E-state index in [0.29, 0.717) is 19.6 Å². The molecule has 0 fully saturated rings. The van der Waals surface area contributed by atoms with Gasteiger partial charge >= 0.3 is 0 Å². The molecule has 0 bridgehead atoms. The minimum absolute atomic E-state index is 0.0891. The molecule has 112 valence electrons. The van der Waals surface area contributed by atoms with Crippen LogP contribution in [0.5, 0.6) is 0 Å². The first-order valence-corrected chi connectivity index (χ1v) is 7.88. The predicted octanol–water partition coefficient (Wildman–Crippen LogP) is 2.58. The molecule has 2 rings (SSSR count). The molecule has 5 heteroatoms. The summed E-state index contributed by atoms with van der Waals surface area (Å²) in [5, 5.41) is 5.93. The summed E-state index contributed by atoms with van der Waals surface area (Å²) in [6.45, 7) is 1.18. The van der Waals surface area contributed by atoms with E-state index in [1.54, 1.807) is 18.4 Å². The summed E-state index contributed by atoms with van der Waals surface area (Å²) < 4.78 is 5.04. The van der Waals surface area contributed by atoms with E-state index < -0.39 is 0 Å². The summed E-state index contributed by atoms with van der Waals surface area (Å²) in [5.74, 6) is 0.0891. The van der Waals surface area contributed by atoms with Gasteiger partial charge < -0.3 is 10.1 Å². The highest BCUT2D eigenvalue weighted by atomic mass is 32.1. The van der Waals surface area contributed by atoms with Gasteiger partial charge in [-0.15, -0.1) is 11.3 Å². The maximum Gasteiger partial charge on any atom is 0.220 e. The average Bonchev–Trinajstić information content (AvgIpc) is 2.94. The van der Waals surface area contributed by atoms with Crippen LogP contribution in [0.1, 0.15) is 22.7 Å². The molecule has 0 spiro atoms. The number of carbonyl (C=O) groups excluding carboxylic acids is 1. The Hall–Kier alpha value is -1.72. The Morgan fingerprint density at radius 3 is 2.86 bits per heavy atom. The molecule has 0 radical (unpaired) electrons. The van der Waals surface area contributed by atoms with Gasteiger partial charge in [0.15, 0.2) is 0 Å². The Balaban J connectivity index is 1.64. The van der Waals surface area contributed by atoms with Gasteiger partial charge in [-0.05, 0) is 12.0 Å². The van der Waals surface area contributed by atoms with Crippen molar-refractivity contribution in [2.24, 2.45) is 0 Å². The Bertz CT molecular complexity index is 554. The smallest absolute Gasteiger partial charge is 0.220 e. The van der Waals surface area contributed by atoms with Crippen LogP contribution in [0.2, 0.25) is 0 Å². The van der Waals surface area contributed by atoms with E-state index >= 15 is 0 Å². The number of nitrogens with zero attached hydrogens (tertiary/aromatic N) is 1. The van der Waals surface area contributed by atoms with E-state index in [2.05, 4.69) is 10.3 Å². The van der Waals surface area contributed by atoms with Crippen LogP contribution in [0, 0.1) is 0 Å². The second-order valence-electron chi connectivity index (χ2n) is 4.75. The maximum atomic E-state index is 11.8. The molecule has 0 saturated carbocycles. The maximum absolute atomic E-state index is 11.8. The quantitative estimate of drug-likeness (QED) is 0.815. The molecular formula is C16H20N2O2S. The zero-order valence-corrected chi connectivity index (χ0v) is 13.0. The van der Waals surface area contributed by atoms with Crippen LogP contribution in [0.15, 0.2) is 35.7 Å². The Kier molecular flexibility index (Phi) is 6.37. The lowest BCUT2D eigenvalue weighted by molar-refractivity contribution is -0.121. The lowest BCUT2D eigenvalue weighted by Gasteiger charge is -2.04. The number of hydrogen-bond acceptors (Lipinski definition) is 4. The van der Waals surface area contributed by atoms with E-state index in [0.717, 1.165) is 23.5 Å². The zero-order valence-electron chi connectivity index (χ0n) is 12.2. The standard InChI is InChI=1S/C16H20N2O2S/c1-20-11-16-18-14(12-21-16)9-10-17-15(19)8-7-13-5-3-2-4-6-13/h2-6,12H,7-11H2,1H3,(H,17,19). The summed E-state index contributed by atoms with van der Waals surface area (Å²) in [6.07, 6.45) is 2.06. The minimum Gasteiger partial charge on any atom is -0.378 e. The van der Waals surface area contributed by atoms with Crippen molar-refractivity contribution in [3.8, 4) is 0 Å². The van der Waals surface area contributed by atoms with E-state index in [4.69, 9.17) is 4.74 Å². The van der Waals surface area contributed by atoms with Crippen LogP contribution in [-0.2, 0) is 29.0 Å². The van der Waals surface area contributed by atoms with Crippen molar-refractivity contribution in [3.05, 3.63) is 52.0 Å². The number of nitrogens with one attached hydrogen (secondary N) is 1. The second-order valence-corrected chi connectivity index (χ2v) is 5.69. The SMILES string of the molecule is COCc1nc(CCNC(=O)CCc2ccccc2)cs1. The van der Waals surface area contributed by atoms with Crippen molar-refractivity contribution < 1.29 is 9.53 Å². The van der Waals surface area contributed by atoms with Crippen LogP contribution in [0.3, 0.4) is 0 Å². The van der Waals surface area contributed by atoms with Crippen LogP contribution in [-0.4, -0.2) is 24.5 Å². The minimum atomic E-state index is 0.0891. The number of methoxy groups -OCH3 is 1. The summed E-state index contributed by atoms with van der Waals surface area (Å²) in [7, 11) is 1.66. The summed E-state index contributed by atoms with van der Waals surface area (Å²) in [5.41, 5.74) is 2.20. The molecule has 21 heavy (non-hydrogen) atoms. The van der Waals surface area contributed by atoms with Gasteiger partial charge in [-0.1, -0.05) is 30.3 Å². The molecule has 2 aromatic rings.